The number of carbonyl (C=O) groups excluding carboxylic acids is 1. The Morgan fingerprint density at radius 2 is 2.32 bits per heavy atom. The van der Waals surface area contributed by atoms with Crippen LogP contribution in [0.5, 0.6) is 0 Å². The number of benzene rings is 1. The summed E-state index contributed by atoms with van der Waals surface area (Å²) in [5, 5.41) is 7.79. The molecule has 134 valence electrons. The van der Waals surface area contributed by atoms with Crippen LogP contribution in [0, 0.1) is 12.8 Å². The lowest BCUT2D eigenvalue weighted by Gasteiger charge is -2.19. The SMILES string of the molecule is CCNc1nc(C)c(C(=O)NCC2CCN(c3cccc(Cl)c3)C2)s1. The molecule has 0 saturated carbocycles. The Labute approximate surface area is 157 Å². The number of carbonyl (C=O) groups is 1. The Morgan fingerprint density at radius 1 is 1.48 bits per heavy atom. The molecule has 1 atom stereocenters. The van der Waals surface area contributed by atoms with Gasteiger partial charge in [0, 0.05) is 36.9 Å². The van der Waals surface area contributed by atoms with E-state index in [0.29, 0.717) is 17.3 Å². The van der Waals surface area contributed by atoms with Crippen molar-refractivity contribution >= 4 is 39.7 Å². The zero-order valence-electron chi connectivity index (χ0n) is 14.5. The second kappa shape index (κ2) is 8.06. The van der Waals surface area contributed by atoms with Gasteiger partial charge in [0.15, 0.2) is 5.13 Å². The summed E-state index contributed by atoms with van der Waals surface area (Å²) in [7, 11) is 0. The fraction of sp³-hybridized carbons (Fsp3) is 0.444. The van der Waals surface area contributed by atoms with Gasteiger partial charge in [-0.3, -0.25) is 4.79 Å². The molecule has 1 amide bonds. The summed E-state index contributed by atoms with van der Waals surface area (Å²) in [6, 6.07) is 7.93. The van der Waals surface area contributed by atoms with Gasteiger partial charge in [-0.2, -0.15) is 0 Å². The molecule has 7 heteroatoms. The topological polar surface area (TPSA) is 57.3 Å². The maximum atomic E-state index is 12.4. The maximum Gasteiger partial charge on any atom is 0.263 e. The van der Waals surface area contributed by atoms with E-state index in [1.807, 2.05) is 32.0 Å². The molecule has 0 radical (unpaired) electrons. The third-order valence-corrected chi connectivity index (χ3v) is 5.69. The zero-order chi connectivity index (χ0) is 17.8. The third kappa shape index (κ3) is 4.44. The standard InChI is InChI=1S/C18H23ClN4OS/c1-3-20-18-22-12(2)16(25-18)17(24)21-10-13-7-8-23(11-13)15-6-4-5-14(19)9-15/h4-6,9,13H,3,7-8,10-11H2,1-2H3,(H,20,22)(H,21,24). The van der Waals surface area contributed by atoms with Crippen molar-refractivity contribution < 1.29 is 4.79 Å². The molecule has 25 heavy (non-hydrogen) atoms. The van der Waals surface area contributed by atoms with Crippen molar-refractivity contribution in [3.8, 4) is 0 Å². The summed E-state index contributed by atoms with van der Waals surface area (Å²) >= 11 is 7.49. The summed E-state index contributed by atoms with van der Waals surface area (Å²) in [5.74, 6) is 0.421. The fourth-order valence-electron chi connectivity index (χ4n) is 3.06. The third-order valence-electron chi connectivity index (χ3n) is 4.34. The summed E-state index contributed by atoms with van der Waals surface area (Å²) in [4.78, 5) is 19.8. The number of aromatic nitrogens is 1. The molecule has 1 aromatic carbocycles. The first kappa shape index (κ1) is 18.0. The molecule has 1 aliphatic rings. The molecule has 2 heterocycles. The van der Waals surface area contributed by atoms with E-state index >= 15 is 0 Å². The smallest absolute Gasteiger partial charge is 0.263 e. The van der Waals surface area contributed by atoms with E-state index in [2.05, 4.69) is 26.6 Å². The number of nitrogens with zero attached hydrogens (tertiary/aromatic N) is 2. The van der Waals surface area contributed by atoms with Crippen LogP contribution in [0.4, 0.5) is 10.8 Å². The first-order valence-electron chi connectivity index (χ1n) is 8.56. The number of hydrogen-bond donors (Lipinski definition) is 2. The molecule has 1 unspecified atom stereocenters. The number of halogens is 1. The Kier molecular flexibility index (Phi) is 5.81. The first-order chi connectivity index (χ1) is 12.1. The van der Waals surface area contributed by atoms with Crippen molar-refractivity contribution in [3.63, 3.8) is 0 Å². The Morgan fingerprint density at radius 3 is 3.08 bits per heavy atom. The minimum atomic E-state index is -0.0274. The van der Waals surface area contributed by atoms with Crippen LogP contribution in [0.25, 0.3) is 0 Å². The fourth-order valence-corrected chi connectivity index (χ4v) is 4.19. The summed E-state index contributed by atoms with van der Waals surface area (Å²) in [5.41, 5.74) is 1.93. The molecule has 1 saturated heterocycles. The molecule has 1 aromatic heterocycles. The molecule has 0 spiro atoms. The van der Waals surface area contributed by atoms with Crippen LogP contribution in [0.15, 0.2) is 24.3 Å². The van der Waals surface area contributed by atoms with Crippen molar-refractivity contribution in [3.05, 3.63) is 39.9 Å². The largest absolute Gasteiger partial charge is 0.371 e. The van der Waals surface area contributed by atoms with E-state index in [1.165, 1.54) is 11.3 Å². The first-order valence-corrected chi connectivity index (χ1v) is 9.76. The molecule has 0 bridgehead atoms. The van der Waals surface area contributed by atoms with E-state index in [1.54, 1.807) is 0 Å². The quantitative estimate of drug-likeness (QED) is 0.802. The van der Waals surface area contributed by atoms with Gasteiger partial charge in [-0.25, -0.2) is 4.98 Å². The van der Waals surface area contributed by atoms with E-state index in [0.717, 1.165) is 47.6 Å². The van der Waals surface area contributed by atoms with Crippen molar-refractivity contribution in [2.75, 3.05) is 36.4 Å². The van der Waals surface area contributed by atoms with Gasteiger partial charge < -0.3 is 15.5 Å². The van der Waals surface area contributed by atoms with Gasteiger partial charge in [-0.05, 0) is 44.4 Å². The molecule has 2 aromatic rings. The average molecular weight is 379 g/mol. The number of amides is 1. The molecule has 1 fully saturated rings. The number of hydrogen-bond acceptors (Lipinski definition) is 5. The highest BCUT2D eigenvalue weighted by molar-refractivity contribution is 7.17. The number of rotatable bonds is 6. The van der Waals surface area contributed by atoms with E-state index in [4.69, 9.17) is 11.6 Å². The highest BCUT2D eigenvalue weighted by atomic mass is 35.5. The maximum absolute atomic E-state index is 12.4. The van der Waals surface area contributed by atoms with Crippen LogP contribution >= 0.6 is 22.9 Å². The van der Waals surface area contributed by atoms with Gasteiger partial charge >= 0.3 is 0 Å². The number of thiazole rings is 1. The van der Waals surface area contributed by atoms with Crippen LogP contribution in [-0.2, 0) is 0 Å². The van der Waals surface area contributed by atoms with Crippen LogP contribution < -0.4 is 15.5 Å². The van der Waals surface area contributed by atoms with Gasteiger partial charge in [0.05, 0.1) is 5.69 Å². The van der Waals surface area contributed by atoms with Gasteiger partial charge in [0.25, 0.3) is 5.91 Å². The predicted molar refractivity (Wildman–Crippen MR) is 105 cm³/mol. The monoisotopic (exact) mass is 378 g/mol. The van der Waals surface area contributed by atoms with Gasteiger partial charge in [0.2, 0.25) is 0 Å². The lowest BCUT2D eigenvalue weighted by molar-refractivity contribution is 0.0951. The highest BCUT2D eigenvalue weighted by Crippen LogP contribution is 2.26. The highest BCUT2D eigenvalue weighted by Gasteiger charge is 2.24. The van der Waals surface area contributed by atoms with Crippen molar-refractivity contribution in [1.82, 2.24) is 10.3 Å². The average Bonchev–Trinajstić information content (AvgIpc) is 3.20. The van der Waals surface area contributed by atoms with Gasteiger partial charge in [0.1, 0.15) is 4.88 Å². The molecule has 3 rings (SSSR count). The Hall–Kier alpha value is -1.79. The van der Waals surface area contributed by atoms with Crippen LogP contribution in [0.3, 0.4) is 0 Å². The lowest BCUT2D eigenvalue weighted by atomic mass is 10.1. The van der Waals surface area contributed by atoms with E-state index in [9.17, 15) is 4.79 Å². The Bertz CT molecular complexity index is 748. The number of anilines is 2. The van der Waals surface area contributed by atoms with E-state index < -0.39 is 0 Å². The molecule has 5 nitrogen and oxygen atoms in total. The minimum Gasteiger partial charge on any atom is -0.371 e. The molecular formula is C18H23ClN4OS. The summed E-state index contributed by atoms with van der Waals surface area (Å²) in [6.45, 7) is 7.31. The van der Waals surface area contributed by atoms with E-state index in [-0.39, 0.29) is 5.91 Å². The van der Waals surface area contributed by atoms with Crippen molar-refractivity contribution in [1.29, 1.82) is 0 Å². The second-order valence-corrected chi connectivity index (χ2v) is 7.69. The molecular weight excluding hydrogens is 356 g/mol. The summed E-state index contributed by atoms with van der Waals surface area (Å²) < 4.78 is 0. The number of nitrogens with one attached hydrogen (secondary N) is 2. The van der Waals surface area contributed by atoms with Crippen LogP contribution in [0.2, 0.25) is 5.02 Å². The van der Waals surface area contributed by atoms with Crippen LogP contribution in [0.1, 0.15) is 28.7 Å². The zero-order valence-corrected chi connectivity index (χ0v) is 16.1. The normalized spacial score (nSPS) is 16.9. The van der Waals surface area contributed by atoms with Gasteiger partial charge in [-0.1, -0.05) is 29.0 Å². The van der Waals surface area contributed by atoms with Gasteiger partial charge in [-0.15, -0.1) is 0 Å². The molecule has 0 aliphatic carbocycles. The number of aryl methyl sites for hydroxylation is 1. The predicted octanol–water partition coefficient (Wildman–Crippen LogP) is 3.79. The van der Waals surface area contributed by atoms with Crippen molar-refractivity contribution in [2.45, 2.75) is 20.3 Å². The van der Waals surface area contributed by atoms with Crippen LogP contribution in [-0.4, -0.2) is 37.1 Å². The Balaban J connectivity index is 1.53. The second-order valence-electron chi connectivity index (χ2n) is 6.25. The minimum absolute atomic E-state index is 0.0274. The van der Waals surface area contributed by atoms with Crippen molar-refractivity contribution in [2.24, 2.45) is 5.92 Å². The molecule has 2 N–H and O–H groups in total. The lowest BCUT2D eigenvalue weighted by Crippen LogP contribution is -2.30. The summed E-state index contributed by atoms with van der Waals surface area (Å²) in [6.07, 6.45) is 1.07. The molecule has 1 aliphatic heterocycles.